The number of rotatable bonds is 5. The lowest BCUT2D eigenvalue weighted by Crippen LogP contribution is -2.17. The van der Waals surface area contributed by atoms with Crippen LogP contribution in [0.3, 0.4) is 0 Å². The predicted molar refractivity (Wildman–Crippen MR) is 85.0 cm³/mol. The zero-order valence-corrected chi connectivity index (χ0v) is 12.7. The Bertz CT molecular complexity index is 590. The summed E-state index contributed by atoms with van der Waals surface area (Å²) in [7, 11) is 0. The summed E-state index contributed by atoms with van der Waals surface area (Å²) in [4.78, 5) is 4.45. The fraction of sp³-hybridized carbons (Fsp3) is 0.588. The van der Waals surface area contributed by atoms with Crippen LogP contribution in [0.2, 0.25) is 0 Å². The van der Waals surface area contributed by atoms with E-state index in [-0.39, 0.29) is 12.1 Å². The van der Waals surface area contributed by atoms with Crippen LogP contribution in [0.1, 0.15) is 38.6 Å². The van der Waals surface area contributed by atoms with Gasteiger partial charge in [-0.3, -0.25) is 0 Å². The van der Waals surface area contributed by atoms with Gasteiger partial charge in [-0.15, -0.1) is 0 Å². The van der Waals surface area contributed by atoms with E-state index in [1.54, 1.807) is 0 Å². The van der Waals surface area contributed by atoms with Gasteiger partial charge in [0, 0.05) is 0 Å². The van der Waals surface area contributed by atoms with Crippen LogP contribution in [-0.4, -0.2) is 27.3 Å². The summed E-state index contributed by atoms with van der Waals surface area (Å²) < 4.78 is 2.16. The predicted octanol–water partition coefficient (Wildman–Crippen LogP) is 2.72. The Morgan fingerprint density at radius 3 is 2.95 bits per heavy atom. The third-order valence-corrected chi connectivity index (χ3v) is 5.01. The van der Waals surface area contributed by atoms with Gasteiger partial charge in [0.05, 0.1) is 29.5 Å². The molecule has 114 valence electrons. The zero-order valence-electron chi connectivity index (χ0n) is 12.7. The number of nitrogens with two attached hydrogens (primary N) is 1. The lowest BCUT2D eigenvalue weighted by molar-refractivity contribution is 0.135. The maximum Gasteiger partial charge on any atom is 0.0961 e. The van der Waals surface area contributed by atoms with E-state index in [1.165, 1.54) is 0 Å². The molecule has 1 aliphatic carbocycles. The van der Waals surface area contributed by atoms with Gasteiger partial charge < -0.3 is 15.4 Å². The molecule has 0 amide bonds. The molecule has 4 unspecified atom stereocenters. The second-order valence-corrected chi connectivity index (χ2v) is 6.36. The molecule has 0 bridgehead atoms. The van der Waals surface area contributed by atoms with Gasteiger partial charge >= 0.3 is 0 Å². The van der Waals surface area contributed by atoms with Crippen molar-refractivity contribution in [2.24, 2.45) is 17.6 Å². The molecule has 4 atom stereocenters. The molecule has 1 saturated carbocycles. The monoisotopic (exact) mass is 287 g/mol. The molecule has 1 fully saturated rings. The topological polar surface area (TPSA) is 64.1 Å². The van der Waals surface area contributed by atoms with Gasteiger partial charge in [-0.05, 0) is 49.8 Å². The molecular weight excluding hydrogens is 262 g/mol. The molecule has 3 rings (SSSR count). The first-order chi connectivity index (χ1) is 10.2. The number of aromatic nitrogens is 2. The second kappa shape index (κ2) is 6.16. The first-order valence-corrected chi connectivity index (χ1v) is 8.02. The second-order valence-electron chi connectivity index (χ2n) is 6.36. The summed E-state index contributed by atoms with van der Waals surface area (Å²) >= 11 is 0. The summed E-state index contributed by atoms with van der Waals surface area (Å²) in [6, 6.07) is 8.28. The van der Waals surface area contributed by atoms with Crippen LogP contribution in [0.15, 0.2) is 30.6 Å². The van der Waals surface area contributed by atoms with E-state index in [0.29, 0.717) is 11.8 Å². The number of para-hydroxylation sites is 2. The van der Waals surface area contributed by atoms with E-state index in [4.69, 9.17) is 5.73 Å². The van der Waals surface area contributed by atoms with Gasteiger partial charge in [-0.25, -0.2) is 4.98 Å². The molecule has 0 aliphatic heterocycles. The number of aliphatic hydroxyl groups excluding tert-OH is 1. The van der Waals surface area contributed by atoms with Crippen LogP contribution in [0.5, 0.6) is 0 Å². The van der Waals surface area contributed by atoms with Crippen LogP contribution in [0, 0.1) is 11.8 Å². The van der Waals surface area contributed by atoms with E-state index in [9.17, 15) is 5.11 Å². The molecule has 0 saturated heterocycles. The number of nitrogens with zero attached hydrogens (tertiary/aromatic N) is 2. The van der Waals surface area contributed by atoms with Crippen molar-refractivity contribution >= 4 is 11.0 Å². The van der Waals surface area contributed by atoms with Crippen molar-refractivity contribution < 1.29 is 5.11 Å². The minimum Gasteiger partial charge on any atom is -0.391 e. The van der Waals surface area contributed by atoms with Gasteiger partial charge in [0.1, 0.15) is 0 Å². The summed E-state index contributed by atoms with van der Waals surface area (Å²) in [5.74, 6) is 1.15. The van der Waals surface area contributed by atoms with Crippen molar-refractivity contribution in [1.29, 1.82) is 0 Å². The SMILES string of the molecule is CCC(CN)CC1CC(O)C(n2cnc3ccccc32)C1. The van der Waals surface area contributed by atoms with Gasteiger partial charge in [0.2, 0.25) is 0 Å². The quantitative estimate of drug-likeness (QED) is 0.888. The van der Waals surface area contributed by atoms with E-state index in [2.05, 4.69) is 22.5 Å². The van der Waals surface area contributed by atoms with Crippen molar-refractivity contribution in [3.63, 3.8) is 0 Å². The van der Waals surface area contributed by atoms with Gasteiger partial charge in [-0.2, -0.15) is 0 Å². The number of hydrogen-bond acceptors (Lipinski definition) is 3. The fourth-order valence-electron chi connectivity index (χ4n) is 3.73. The number of fused-ring (bicyclic) bond motifs is 1. The molecular formula is C17H25N3O. The molecule has 1 aromatic carbocycles. The Morgan fingerprint density at radius 1 is 1.38 bits per heavy atom. The fourth-order valence-corrected chi connectivity index (χ4v) is 3.73. The van der Waals surface area contributed by atoms with Gasteiger partial charge in [0.15, 0.2) is 0 Å². The van der Waals surface area contributed by atoms with Gasteiger partial charge in [-0.1, -0.05) is 25.5 Å². The van der Waals surface area contributed by atoms with Crippen LogP contribution in [0.4, 0.5) is 0 Å². The number of hydrogen-bond donors (Lipinski definition) is 2. The zero-order chi connectivity index (χ0) is 14.8. The highest BCUT2D eigenvalue weighted by molar-refractivity contribution is 5.75. The van der Waals surface area contributed by atoms with Crippen LogP contribution in [0.25, 0.3) is 11.0 Å². The smallest absolute Gasteiger partial charge is 0.0961 e. The number of benzene rings is 1. The van der Waals surface area contributed by atoms with Crippen LogP contribution < -0.4 is 5.73 Å². The minimum atomic E-state index is -0.275. The van der Waals surface area contributed by atoms with E-state index < -0.39 is 0 Å². The molecule has 1 aromatic heterocycles. The van der Waals surface area contributed by atoms with E-state index in [0.717, 1.165) is 43.3 Å². The van der Waals surface area contributed by atoms with Crippen molar-refractivity contribution in [3.05, 3.63) is 30.6 Å². The first-order valence-electron chi connectivity index (χ1n) is 8.02. The van der Waals surface area contributed by atoms with Gasteiger partial charge in [0.25, 0.3) is 0 Å². The molecule has 3 N–H and O–H groups in total. The Labute approximate surface area is 126 Å². The highest BCUT2D eigenvalue weighted by Gasteiger charge is 2.35. The average Bonchev–Trinajstić information content (AvgIpc) is 3.08. The largest absolute Gasteiger partial charge is 0.391 e. The number of aliphatic hydroxyl groups is 1. The highest BCUT2D eigenvalue weighted by Crippen LogP contribution is 2.39. The third kappa shape index (κ3) is 2.83. The minimum absolute atomic E-state index is 0.151. The molecule has 0 spiro atoms. The maximum absolute atomic E-state index is 10.5. The summed E-state index contributed by atoms with van der Waals surface area (Å²) in [6.07, 6.45) is 5.77. The molecule has 2 aromatic rings. The first kappa shape index (κ1) is 14.5. The van der Waals surface area contributed by atoms with Crippen molar-refractivity contribution in [1.82, 2.24) is 9.55 Å². The Kier molecular flexibility index (Phi) is 4.27. The maximum atomic E-state index is 10.5. The highest BCUT2D eigenvalue weighted by atomic mass is 16.3. The normalized spacial score (nSPS) is 27.3. The lowest BCUT2D eigenvalue weighted by atomic mass is 9.91. The Balaban J connectivity index is 1.77. The molecule has 1 aliphatic rings. The molecule has 4 heteroatoms. The molecule has 0 radical (unpaired) electrons. The number of imidazole rings is 1. The summed E-state index contributed by atoms with van der Waals surface area (Å²) in [5.41, 5.74) is 7.94. The summed E-state index contributed by atoms with van der Waals surface area (Å²) in [6.45, 7) is 2.95. The Hall–Kier alpha value is -1.39. The lowest BCUT2D eigenvalue weighted by Gasteiger charge is -2.18. The Morgan fingerprint density at radius 2 is 2.19 bits per heavy atom. The van der Waals surface area contributed by atoms with Crippen LogP contribution >= 0.6 is 0 Å². The van der Waals surface area contributed by atoms with Crippen molar-refractivity contribution in [2.45, 2.75) is 44.8 Å². The average molecular weight is 287 g/mol. The molecule has 1 heterocycles. The van der Waals surface area contributed by atoms with Crippen molar-refractivity contribution in [3.8, 4) is 0 Å². The van der Waals surface area contributed by atoms with Crippen molar-refractivity contribution in [2.75, 3.05) is 6.54 Å². The standard InChI is InChI=1S/C17H25N3O/c1-2-12(10-18)7-13-8-16(17(21)9-13)20-11-19-14-5-3-4-6-15(14)20/h3-6,11-13,16-17,21H,2,7-10,18H2,1H3. The van der Waals surface area contributed by atoms with E-state index >= 15 is 0 Å². The third-order valence-electron chi connectivity index (χ3n) is 5.01. The molecule has 4 nitrogen and oxygen atoms in total. The van der Waals surface area contributed by atoms with Crippen LogP contribution in [-0.2, 0) is 0 Å². The summed E-state index contributed by atoms with van der Waals surface area (Å²) in [5, 5.41) is 10.5. The molecule has 21 heavy (non-hydrogen) atoms. The van der Waals surface area contributed by atoms with E-state index in [1.807, 2.05) is 24.5 Å².